The molecule has 1 fully saturated rings. The van der Waals surface area contributed by atoms with Crippen LogP contribution in [0.25, 0.3) is 0 Å². The maximum Gasteiger partial charge on any atom is 0.243 e. The Labute approximate surface area is 114 Å². The minimum Gasteiger partial charge on any atom is -0.354 e. The molecule has 19 heavy (non-hydrogen) atoms. The standard InChI is InChI=1S/C15H19N3O/c1-15(2)9-11-17-14(19)13(8-10-16)18(15)12-6-4-3-5-7-12/h3-7,13H,8-9,11H2,1-2H3,(H,17,19). The van der Waals surface area contributed by atoms with Crippen molar-refractivity contribution in [2.45, 2.75) is 38.3 Å². The molecule has 0 radical (unpaired) electrons. The summed E-state index contributed by atoms with van der Waals surface area (Å²) >= 11 is 0. The van der Waals surface area contributed by atoms with Gasteiger partial charge in [0.05, 0.1) is 12.5 Å². The molecule has 1 heterocycles. The lowest BCUT2D eigenvalue weighted by Gasteiger charge is -2.42. The third-order valence-electron chi connectivity index (χ3n) is 3.62. The Morgan fingerprint density at radius 3 is 2.74 bits per heavy atom. The van der Waals surface area contributed by atoms with Gasteiger partial charge in [0.25, 0.3) is 0 Å². The molecule has 1 aliphatic heterocycles. The van der Waals surface area contributed by atoms with Gasteiger partial charge in [-0.3, -0.25) is 4.79 Å². The zero-order valence-electron chi connectivity index (χ0n) is 11.4. The number of hydrogen-bond acceptors (Lipinski definition) is 3. The molecular weight excluding hydrogens is 238 g/mol. The predicted octanol–water partition coefficient (Wildman–Crippen LogP) is 2.07. The Balaban J connectivity index is 2.46. The first-order valence-electron chi connectivity index (χ1n) is 6.55. The largest absolute Gasteiger partial charge is 0.354 e. The highest BCUT2D eigenvalue weighted by molar-refractivity contribution is 5.86. The van der Waals surface area contributed by atoms with E-state index >= 15 is 0 Å². The summed E-state index contributed by atoms with van der Waals surface area (Å²) in [5.41, 5.74) is 0.826. The quantitative estimate of drug-likeness (QED) is 0.882. The highest BCUT2D eigenvalue weighted by Crippen LogP contribution is 2.31. The van der Waals surface area contributed by atoms with Gasteiger partial charge in [0.1, 0.15) is 6.04 Å². The first-order chi connectivity index (χ1) is 9.06. The van der Waals surface area contributed by atoms with Crippen LogP contribution in [0.3, 0.4) is 0 Å². The number of benzene rings is 1. The summed E-state index contributed by atoms with van der Waals surface area (Å²) in [6, 6.07) is 11.6. The molecule has 1 saturated heterocycles. The minimum atomic E-state index is -0.426. The molecule has 1 aromatic rings. The number of rotatable bonds is 2. The van der Waals surface area contributed by atoms with Crippen molar-refractivity contribution in [3.63, 3.8) is 0 Å². The van der Waals surface area contributed by atoms with Crippen molar-refractivity contribution < 1.29 is 4.79 Å². The van der Waals surface area contributed by atoms with Crippen LogP contribution in [0.5, 0.6) is 0 Å². The molecular formula is C15H19N3O. The second-order valence-corrected chi connectivity index (χ2v) is 5.44. The fourth-order valence-electron chi connectivity index (χ4n) is 2.66. The van der Waals surface area contributed by atoms with E-state index in [-0.39, 0.29) is 17.9 Å². The lowest BCUT2D eigenvalue weighted by Crippen LogP contribution is -2.52. The number of anilines is 1. The molecule has 1 atom stereocenters. The van der Waals surface area contributed by atoms with Gasteiger partial charge in [0.15, 0.2) is 0 Å². The Kier molecular flexibility index (Phi) is 3.75. The van der Waals surface area contributed by atoms with Gasteiger partial charge in [-0.1, -0.05) is 18.2 Å². The SMILES string of the molecule is CC1(C)CCNC(=O)C(CC#N)N1c1ccccc1. The van der Waals surface area contributed by atoms with Crippen LogP contribution in [-0.4, -0.2) is 24.0 Å². The van der Waals surface area contributed by atoms with Crippen LogP contribution in [0, 0.1) is 11.3 Å². The molecule has 1 unspecified atom stereocenters. The lowest BCUT2D eigenvalue weighted by atomic mass is 9.95. The van der Waals surface area contributed by atoms with E-state index in [1.807, 2.05) is 30.3 Å². The van der Waals surface area contributed by atoms with Gasteiger partial charge in [0, 0.05) is 17.8 Å². The van der Waals surface area contributed by atoms with Gasteiger partial charge in [-0.25, -0.2) is 0 Å². The highest BCUT2D eigenvalue weighted by atomic mass is 16.2. The van der Waals surface area contributed by atoms with E-state index in [1.54, 1.807) is 0 Å². The van der Waals surface area contributed by atoms with Crippen LogP contribution in [0.4, 0.5) is 5.69 Å². The second-order valence-electron chi connectivity index (χ2n) is 5.44. The molecule has 1 aliphatic rings. The summed E-state index contributed by atoms with van der Waals surface area (Å²) in [5.74, 6) is -0.0593. The maximum absolute atomic E-state index is 12.2. The van der Waals surface area contributed by atoms with Crippen molar-refractivity contribution in [1.82, 2.24) is 5.32 Å². The second kappa shape index (κ2) is 5.31. The van der Waals surface area contributed by atoms with E-state index < -0.39 is 6.04 Å². The maximum atomic E-state index is 12.2. The minimum absolute atomic E-state index is 0.0593. The molecule has 1 aromatic carbocycles. The van der Waals surface area contributed by atoms with Crippen LogP contribution in [0.15, 0.2) is 30.3 Å². The van der Waals surface area contributed by atoms with E-state index in [4.69, 9.17) is 5.26 Å². The van der Waals surface area contributed by atoms with Gasteiger partial charge in [0.2, 0.25) is 5.91 Å². The summed E-state index contributed by atoms with van der Waals surface area (Å²) in [7, 11) is 0. The van der Waals surface area contributed by atoms with Gasteiger partial charge in [-0.05, 0) is 32.4 Å². The topological polar surface area (TPSA) is 56.1 Å². The van der Waals surface area contributed by atoms with Crippen molar-refractivity contribution in [3.05, 3.63) is 30.3 Å². The summed E-state index contributed by atoms with van der Waals surface area (Å²) in [6.45, 7) is 4.88. The Hall–Kier alpha value is -2.02. The molecule has 0 saturated carbocycles. The van der Waals surface area contributed by atoms with E-state index in [1.165, 1.54) is 0 Å². The molecule has 0 bridgehead atoms. The van der Waals surface area contributed by atoms with Crippen molar-refractivity contribution in [1.29, 1.82) is 5.26 Å². The Morgan fingerprint density at radius 2 is 2.11 bits per heavy atom. The Morgan fingerprint density at radius 1 is 1.42 bits per heavy atom. The van der Waals surface area contributed by atoms with Crippen molar-refractivity contribution in [3.8, 4) is 6.07 Å². The number of amides is 1. The third kappa shape index (κ3) is 2.70. The average molecular weight is 257 g/mol. The lowest BCUT2D eigenvalue weighted by molar-refractivity contribution is -0.122. The molecule has 0 aromatic heterocycles. The van der Waals surface area contributed by atoms with E-state index in [2.05, 4.69) is 30.1 Å². The van der Waals surface area contributed by atoms with Crippen LogP contribution in [0.1, 0.15) is 26.7 Å². The molecule has 0 aliphatic carbocycles. The Bertz CT molecular complexity index is 490. The first-order valence-corrected chi connectivity index (χ1v) is 6.55. The fraction of sp³-hybridized carbons (Fsp3) is 0.467. The summed E-state index contributed by atoms with van der Waals surface area (Å²) in [4.78, 5) is 14.3. The average Bonchev–Trinajstić information content (AvgIpc) is 2.48. The van der Waals surface area contributed by atoms with Crippen molar-refractivity contribution in [2.24, 2.45) is 0 Å². The smallest absolute Gasteiger partial charge is 0.243 e. The van der Waals surface area contributed by atoms with E-state index in [9.17, 15) is 4.79 Å². The van der Waals surface area contributed by atoms with Gasteiger partial charge in [-0.2, -0.15) is 5.26 Å². The van der Waals surface area contributed by atoms with E-state index in [0.717, 1.165) is 12.1 Å². The van der Waals surface area contributed by atoms with Crippen molar-refractivity contribution >= 4 is 11.6 Å². The molecule has 1 N–H and O–H groups in total. The molecule has 100 valence electrons. The van der Waals surface area contributed by atoms with Crippen LogP contribution < -0.4 is 10.2 Å². The number of nitrogens with one attached hydrogen (secondary N) is 1. The van der Waals surface area contributed by atoms with Crippen LogP contribution >= 0.6 is 0 Å². The normalized spacial score (nSPS) is 22.3. The number of nitriles is 1. The highest BCUT2D eigenvalue weighted by Gasteiger charge is 2.38. The van der Waals surface area contributed by atoms with Gasteiger partial charge >= 0.3 is 0 Å². The summed E-state index contributed by atoms with van der Waals surface area (Å²) in [6.07, 6.45) is 1.06. The fourth-order valence-corrected chi connectivity index (χ4v) is 2.66. The zero-order chi connectivity index (χ0) is 13.9. The van der Waals surface area contributed by atoms with E-state index in [0.29, 0.717) is 6.54 Å². The number of hydrogen-bond donors (Lipinski definition) is 1. The number of carbonyl (C=O) groups excluding carboxylic acids is 1. The predicted molar refractivity (Wildman–Crippen MR) is 74.6 cm³/mol. The van der Waals surface area contributed by atoms with Gasteiger partial charge in [-0.15, -0.1) is 0 Å². The summed E-state index contributed by atoms with van der Waals surface area (Å²) < 4.78 is 0. The number of carbonyl (C=O) groups is 1. The molecule has 1 amide bonds. The van der Waals surface area contributed by atoms with Gasteiger partial charge < -0.3 is 10.2 Å². The molecule has 2 rings (SSSR count). The first kappa shape index (κ1) is 13.4. The zero-order valence-corrected chi connectivity index (χ0v) is 11.4. The van der Waals surface area contributed by atoms with Crippen molar-refractivity contribution in [2.75, 3.05) is 11.4 Å². The molecule has 0 spiro atoms. The monoisotopic (exact) mass is 257 g/mol. The molecule has 4 nitrogen and oxygen atoms in total. The molecule has 4 heteroatoms. The van der Waals surface area contributed by atoms with Crippen LogP contribution in [-0.2, 0) is 4.79 Å². The number of nitrogens with zero attached hydrogens (tertiary/aromatic N) is 2. The third-order valence-corrected chi connectivity index (χ3v) is 3.62. The van der Waals surface area contributed by atoms with Crippen LogP contribution in [0.2, 0.25) is 0 Å². The number of para-hydroxylation sites is 1. The summed E-state index contributed by atoms with van der Waals surface area (Å²) in [5, 5.41) is 11.9.